The van der Waals surface area contributed by atoms with Crippen LogP contribution in [0.25, 0.3) is 0 Å². The second kappa shape index (κ2) is 5.03. The second-order valence-corrected chi connectivity index (χ2v) is 4.74. The SMILES string of the molecule is CCC(CSC)N1C(=O)C(C)NC1C. The van der Waals surface area contributed by atoms with Gasteiger partial charge >= 0.3 is 0 Å². The van der Waals surface area contributed by atoms with Gasteiger partial charge in [-0.05, 0) is 26.5 Å². The molecule has 1 fully saturated rings. The van der Waals surface area contributed by atoms with Crippen LogP contribution in [0.1, 0.15) is 27.2 Å². The van der Waals surface area contributed by atoms with E-state index in [4.69, 9.17) is 0 Å². The van der Waals surface area contributed by atoms with Crippen molar-refractivity contribution < 1.29 is 4.79 Å². The van der Waals surface area contributed by atoms with Crippen molar-refractivity contribution in [2.45, 2.75) is 45.4 Å². The highest BCUT2D eigenvalue weighted by Crippen LogP contribution is 2.18. The van der Waals surface area contributed by atoms with E-state index in [1.54, 1.807) is 11.8 Å². The lowest BCUT2D eigenvalue weighted by molar-refractivity contribution is -0.131. The summed E-state index contributed by atoms with van der Waals surface area (Å²) in [4.78, 5) is 13.8. The minimum absolute atomic E-state index is 0.0130. The molecule has 4 heteroatoms. The normalized spacial score (nSPS) is 29.7. The summed E-state index contributed by atoms with van der Waals surface area (Å²) in [6.07, 6.45) is 3.31. The van der Waals surface area contributed by atoms with Crippen molar-refractivity contribution in [2.75, 3.05) is 12.0 Å². The molecule has 14 heavy (non-hydrogen) atoms. The van der Waals surface area contributed by atoms with Gasteiger partial charge in [-0.25, -0.2) is 0 Å². The van der Waals surface area contributed by atoms with Crippen molar-refractivity contribution in [3.63, 3.8) is 0 Å². The van der Waals surface area contributed by atoms with Crippen LogP contribution >= 0.6 is 11.8 Å². The highest BCUT2D eigenvalue weighted by Gasteiger charge is 2.36. The molecular weight excluding hydrogens is 196 g/mol. The van der Waals surface area contributed by atoms with E-state index < -0.39 is 0 Å². The Labute approximate surface area is 90.6 Å². The molecule has 0 saturated carbocycles. The Morgan fingerprint density at radius 3 is 2.57 bits per heavy atom. The Kier molecular flexibility index (Phi) is 4.26. The molecule has 0 radical (unpaired) electrons. The van der Waals surface area contributed by atoms with Crippen LogP contribution in [0.5, 0.6) is 0 Å². The van der Waals surface area contributed by atoms with Crippen molar-refractivity contribution in [2.24, 2.45) is 0 Å². The average Bonchev–Trinajstić information content (AvgIpc) is 2.39. The first kappa shape index (κ1) is 11.9. The third-order valence-electron chi connectivity index (χ3n) is 2.76. The van der Waals surface area contributed by atoms with Gasteiger partial charge in [-0.15, -0.1) is 0 Å². The summed E-state index contributed by atoms with van der Waals surface area (Å²) in [6.45, 7) is 6.14. The van der Waals surface area contributed by atoms with Gasteiger partial charge in [0.05, 0.1) is 12.2 Å². The number of nitrogens with zero attached hydrogens (tertiary/aromatic N) is 1. The number of rotatable bonds is 4. The molecule has 0 aliphatic carbocycles. The minimum Gasteiger partial charge on any atom is -0.322 e. The van der Waals surface area contributed by atoms with Gasteiger partial charge in [0.1, 0.15) is 0 Å². The van der Waals surface area contributed by atoms with Crippen molar-refractivity contribution >= 4 is 17.7 Å². The van der Waals surface area contributed by atoms with E-state index in [1.165, 1.54) is 0 Å². The van der Waals surface area contributed by atoms with Crippen LogP contribution in [0.15, 0.2) is 0 Å². The zero-order valence-corrected chi connectivity index (χ0v) is 10.2. The molecule has 1 saturated heterocycles. The second-order valence-electron chi connectivity index (χ2n) is 3.83. The number of carbonyl (C=O) groups is 1. The van der Waals surface area contributed by atoms with Gasteiger partial charge in [-0.1, -0.05) is 6.92 Å². The Morgan fingerprint density at radius 1 is 1.57 bits per heavy atom. The van der Waals surface area contributed by atoms with Gasteiger partial charge < -0.3 is 4.90 Å². The third kappa shape index (κ3) is 2.23. The lowest BCUT2D eigenvalue weighted by Gasteiger charge is -2.29. The third-order valence-corrected chi connectivity index (χ3v) is 3.48. The summed E-state index contributed by atoms with van der Waals surface area (Å²) in [5.74, 6) is 1.28. The summed E-state index contributed by atoms with van der Waals surface area (Å²) < 4.78 is 0. The fourth-order valence-electron chi connectivity index (χ4n) is 2.01. The smallest absolute Gasteiger partial charge is 0.240 e. The molecule has 1 N–H and O–H groups in total. The predicted molar refractivity (Wildman–Crippen MR) is 61.4 cm³/mol. The lowest BCUT2D eigenvalue weighted by atomic mass is 10.2. The zero-order chi connectivity index (χ0) is 10.7. The maximum absolute atomic E-state index is 11.8. The van der Waals surface area contributed by atoms with Crippen molar-refractivity contribution in [1.82, 2.24) is 10.2 Å². The number of hydrogen-bond acceptors (Lipinski definition) is 3. The van der Waals surface area contributed by atoms with Gasteiger partial charge in [0.15, 0.2) is 0 Å². The molecule has 0 spiro atoms. The van der Waals surface area contributed by atoms with Gasteiger partial charge in [0.2, 0.25) is 5.91 Å². The maximum atomic E-state index is 11.8. The van der Waals surface area contributed by atoms with Crippen LogP contribution in [0.3, 0.4) is 0 Å². The van der Waals surface area contributed by atoms with Crippen LogP contribution in [0, 0.1) is 0 Å². The highest BCUT2D eigenvalue weighted by atomic mass is 32.2. The number of carbonyl (C=O) groups excluding carboxylic acids is 1. The first-order valence-corrected chi connectivity index (χ1v) is 6.58. The van der Waals surface area contributed by atoms with E-state index in [0.717, 1.165) is 12.2 Å². The van der Waals surface area contributed by atoms with Crippen LogP contribution in [-0.2, 0) is 4.79 Å². The summed E-state index contributed by atoms with van der Waals surface area (Å²) in [5, 5.41) is 3.26. The molecule has 1 aliphatic heterocycles. The average molecular weight is 216 g/mol. The maximum Gasteiger partial charge on any atom is 0.240 e. The molecule has 0 aromatic carbocycles. The van der Waals surface area contributed by atoms with E-state index in [1.807, 2.05) is 11.8 Å². The summed E-state index contributed by atoms with van der Waals surface area (Å²) in [6, 6.07) is 0.367. The molecule has 1 aliphatic rings. The first-order valence-electron chi connectivity index (χ1n) is 5.19. The number of nitrogens with one attached hydrogen (secondary N) is 1. The van der Waals surface area contributed by atoms with Gasteiger partial charge in [0, 0.05) is 11.8 Å². The summed E-state index contributed by atoms with van der Waals surface area (Å²) in [7, 11) is 0. The molecule has 1 amide bonds. The Hall–Kier alpha value is -0.220. The molecule has 3 nitrogen and oxygen atoms in total. The number of thioether (sulfide) groups is 1. The van der Waals surface area contributed by atoms with Crippen LogP contribution in [-0.4, -0.2) is 41.1 Å². The molecule has 0 aromatic rings. The fourth-order valence-corrected chi connectivity index (χ4v) is 2.79. The highest BCUT2D eigenvalue weighted by molar-refractivity contribution is 7.98. The van der Waals surface area contributed by atoms with E-state index in [9.17, 15) is 4.79 Å². The molecule has 3 unspecified atom stereocenters. The lowest BCUT2D eigenvalue weighted by Crippen LogP contribution is -2.44. The van der Waals surface area contributed by atoms with Gasteiger partial charge in [-0.2, -0.15) is 11.8 Å². The summed E-state index contributed by atoms with van der Waals surface area (Å²) >= 11 is 1.80. The Balaban J connectivity index is 2.68. The number of amides is 1. The standard InChI is InChI=1S/C10H20N2OS/c1-5-9(6-14-4)12-8(3)11-7(2)10(12)13/h7-9,11H,5-6H2,1-4H3. The molecule has 3 atom stereocenters. The first-order chi connectivity index (χ1) is 6.61. The minimum atomic E-state index is -0.0130. The Morgan fingerprint density at radius 2 is 2.21 bits per heavy atom. The van der Waals surface area contributed by atoms with Crippen LogP contribution in [0.2, 0.25) is 0 Å². The molecular formula is C10H20N2OS. The quantitative estimate of drug-likeness (QED) is 0.768. The van der Waals surface area contributed by atoms with Crippen molar-refractivity contribution in [3.05, 3.63) is 0 Å². The number of hydrogen-bond donors (Lipinski definition) is 1. The van der Waals surface area contributed by atoms with Gasteiger partial charge in [0.25, 0.3) is 0 Å². The van der Waals surface area contributed by atoms with E-state index in [-0.39, 0.29) is 18.1 Å². The predicted octanol–water partition coefficient (Wildman–Crippen LogP) is 1.29. The molecule has 1 rings (SSSR count). The zero-order valence-electron chi connectivity index (χ0n) is 9.41. The van der Waals surface area contributed by atoms with E-state index in [2.05, 4.69) is 25.4 Å². The van der Waals surface area contributed by atoms with Gasteiger partial charge in [-0.3, -0.25) is 10.1 Å². The van der Waals surface area contributed by atoms with Crippen molar-refractivity contribution in [1.29, 1.82) is 0 Å². The Bertz CT molecular complexity index is 210. The fraction of sp³-hybridized carbons (Fsp3) is 0.900. The van der Waals surface area contributed by atoms with E-state index in [0.29, 0.717) is 6.04 Å². The molecule has 82 valence electrons. The summed E-state index contributed by atoms with van der Waals surface area (Å²) in [5.41, 5.74) is 0. The van der Waals surface area contributed by atoms with E-state index >= 15 is 0 Å². The topological polar surface area (TPSA) is 32.3 Å². The monoisotopic (exact) mass is 216 g/mol. The largest absolute Gasteiger partial charge is 0.322 e. The molecule has 0 aromatic heterocycles. The van der Waals surface area contributed by atoms with Crippen LogP contribution < -0.4 is 5.32 Å². The van der Waals surface area contributed by atoms with Crippen molar-refractivity contribution in [3.8, 4) is 0 Å². The molecule has 0 bridgehead atoms. The van der Waals surface area contributed by atoms with Crippen LogP contribution in [0.4, 0.5) is 0 Å². The molecule has 1 heterocycles.